The lowest BCUT2D eigenvalue weighted by Gasteiger charge is -2.41. The van der Waals surface area contributed by atoms with Gasteiger partial charge >= 0.3 is 0 Å². The van der Waals surface area contributed by atoms with Gasteiger partial charge in [0.2, 0.25) is 5.91 Å². The van der Waals surface area contributed by atoms with Crippen molar-refractivity contribution < 1.29 is 4.79 Å². The predicted octanol–water partition coefficient (Wildman–Crippen LogP) is 2.83. The van der Waals surface area contributed by atoms with Crippen molar-refractivity contribution in [3.8, 4) is 0 Å². The van der Waals surface area contributed by atoms with E-state index in [1.807, 2.05) is 0 Å². The molecule has 3 N–H and O–H groups in total. The fourth-order valence-corrected chi connectivity index (χ4v) is 3.07. The molecule has 0 radical (unpaired) electrons. The summed E-state index contributed by atoms with van der Waals surface area (Å²) in [5.74, 6) is 0.613. The lowest BCUT2D eigenvalue weighted by atomic mass is 9.69. The van der Waals surface area contributed by atoms with E-state index in [1.54, 1.807) is 0 Å². The SMILES string of the molecule is CCC[C@@H](N)C(=O)NC1CCCCC1C(C)(C)C. The van der Waals surface area contributed by atoms with Gasteiger partial charge in [-0.05, 0) is 30.6 Å². The number of carbonyl (C=O) groups is 1. The Hall–Kier alpha value is -0.570. The Morgan fingerprint density at radius 2 is 1.94 bits per heavy atom. The minimum absolute atomic E-state index is 0.0398. The lowest BCUT2D eigenvalue weighted by molar-refractivity contribution is -0.124. The molecule has 1 amide bonds. The van der Waals surface area contributed by atoms with Crippen LogP contribution in [-0.2, 0) is 4.79 Å². The summed E-state index contributed by atoms with van der Waals surface area (Å²) in [5.41, 5.74) is 6.14. The average Bonchev–Trinajstić information content (AvgIpc) is 2.28. The Labute approximate surface area is 112 Å². The maximum absolute atomic E-state index is 12.0. The van der Waals surface area contributed by atoms with Crippen LogP contribution in [0.3, 0.4) is 0 Å². The molecule has 3 heteroatoms. The summed E-state index contributed by atoms with van der Waals surface area (Å²) in [6.07, 6.45) is 6.57. The quantitative estimate of drug-likeness (QED) is 0.810. The molecular weight excluding hydrogens is 224 g/mol. The van der Waals surface area contributed by atoms with Crippen LogP contribution in [0, 0.1) is 11.3 Å². The molecule has 106 valence electrons. The molecule has 3 nitrogen and oxygen atoms in total. The highest BCUT2D eigenvalue weighted by molar-refractivity contribution is 5.81. The minimum Gasteiger partial charge on any atom is -0.352 e. The molecule has 0 aromatic rings. The first kappa shape index (κ1) is 15.5. The predicted molar refractivity (Wildman–Crippen MR) is 76.2 cm³/mol. The highest BCUT2D eigenvalue weighted by Crippen LogP contribution is 2.37. The van der Waals surface area contributed by atoms with E-state index in [2.05, 4.69) is 33.0 Å². The smallest absolute Gasteiger partial charge is 0.237 e. The van der Waals surface area contributed by atoms with Gasteiger partial charge < -0.3 is 11.1 Å². The summed E-state index contributed by atoms with van der Waals surface area (Å²) >= 11 is 0. The highest BCUT2D eigenvalue weighted by Gasteiger charge is 2.35. The zero-order valence-electron chi connectivity index (χ0n) is 12.5. The summed E-state index contributed by atoms with van der Waals surface area (Å²) in [6, 6.07) is -0.0216. The summed E-state index contributed by atoms with van der Waals surface area (Å²) in [4.78, 5) is 12.0. The number of amides is 1. The van der Waals surface area contributed by atoms with Gasteiger partial charge in [0.1, 0.15) is 0 Å². The lowest BCUT2D eigenvalue weighted by Crippen LogP contribution is -2.51. The number of hydrogen-bond donors (Lipinski definition) is 2. The van der Waals surface area contributed by atoms with Crippen LogP contribution >= 0.6 is 0 Å². The number of rotatable bonds is 4. The van der Waals surface area contributed by atoms with Crippen LogP contribution in [0.15, 0.2) is 0 Å². The summed E-state index contributed by atoms with van der Waals surface area (Å²) in [7, 11) is 0. The Morgan fingerprint density at radius 1 is 1.33 bits per heavy atom. The van der Waals surface area contributed by atoms with E-state index in [4.69, 9.17) is 5.73 Å². The van der Waals surface area contributed by atoms with Gasteiger partial charge in [0.15, 0.2) is 0 Å². The third-order valence-electron chi connectivity index (χ3n) is 4.14. The molecule has 1 aliphatic carbocycles. The molecule has 18 heavy (non-hydrogen) atoms. The summed E-state index contributed by atoms with van der Waals surface area (Å²) in [6.45, 7) is 8.88. The average molecular weight is 254 g/mol. The van der Waals surface area contributed by atoms with Gasteiger partial charge in [0.05, 0.1) is 6.04 Å². The maximum atomic E-state index is 12.0. The molecular formula is C15H30N2O. The summed E-state index contributed by atoms with van der Waals surface area (Å²) in [5, 5.41) is 3.20. The van der Waals surface area contributed by atoms with Crippen LogP contribution in [0.5, 0.6) is 0 Å². The fourth-order valence-electron chi connectivity index (χ4n) is 3.07. The number of hydrogen-bond acceptors (Lipinski definition) is 2. The van der Waals surface area contributed by atoms with Crippen LogP contribution in [-0.4, -0.2) is 18.0 Å². The Balaban J connectivity index is 2.60. The van der Waals surface area contributed by atoms with E-state index >= 15 is 0 Å². The Bertz CT molecular complexity index is 270. The normalized spacial score (nSPS) is 26.7. The Morgan fingerprint density at radius 3 is 2.50 bits per heavy atom. The topological polar surface area (TPSA) is 55.1 Å². The third kappa shape index (κ3) is 4.27. The standard InChI is InChI=1S/C15H30N2O/c1-5-8-12(16)14(18)17-13-10-7-6-9-11(13)15(2,3)4/h11-13H,5-10,16H2,1-4H3,(H,17,18)/t11?,12-,13?/m1/s1. The molecule has 0 aromatic carbocycles. The molecule has 3 atom stereocenters. The molecule has 1 fully saturated rings. The van der Waals surface area contributed by atoms with Crippen LogP contribution in [0.25, 0.3) is 0 Å². The number of carbonyl (C=O) groups excluding carboxylic acids is 1. The molecule has 1 saturated carbocycles. The third-order valence-corrected chi connectivity index (χ3v) is 4.14. The van der Waals surface area contributed by atoms with E-state index in [-0.39, 0.29) is 17.4 Å². The zero-order valence-corrected chi connectivity index (χ0v) is 12.5. The second kappa shape index (κ2) is 6.55. The van der Waals surface area contributed by atoms with Crippen molar-refractivity contribution in [3.63, 3.8) is 0 Å². The largest absolute Gasteiger partial charge is 0.352 e. The van der Waals surface area contributed by atoms with Crippen molar-refractivity contribution in [1.29, 1.82) is 0 Å². The first-order chi connectivity index (χ1) is 8.36. The van der Waals surface area contributed by atoms with E-state index in [0.717, 1.165) is 19.3 Å². The molecule has 1 aliphatic rings. The molecule has 0 saturated heterocycles. The molecule has 0 spiro atoms. The minimum atomic E-state index is -0.336. The van der Waals surface area contributed by atoms with E-state index in [0.29, 0.717) is 12.0 Å². The molecule has 0 aliphatic heterocycles. The van der Waals surface area contributed by atoms with Gasteiger partial charge in [0, 0.05) is 6.04 Å². The first-order valence-corrected chi connectivity index (χ1v) is 7.42. The van der Waals surface area contributed by atoms with E-state index in [9.17, 15) is 4.79 Å². The van der Waals surface area contributed by atoms with Crippen LogP contribution in [0.4, 0.5) is 0 Å². The van der Waals surface area contributed by atoms with Gasteiger partial charge in [-0.2, -0.15) is 0 Å². The van der Waals surface area contributed by atoms with Crippen molar-refractivity contribution in [1.82, 2.24) is 5.32 Å². The summed E-state index contributed by atoms with van der Waals surface area (Å²) < 4.78 is 0. The van der Waals surface area contributed by atoms with Gasteiger partial charge in [-0.3, -0.25) is 4.79 Å². The second-order valence-electron chi connectivity index (χ2n) is 6.77. The maximum Gasteiger partial charge on any atom is 0.237 e. The van der Waals surface area contributed by atoms with Crippen molar-refractivity contribution in [3.05, 3.63) is 0 Å². The number of nitrogens with two attached hydrogens (primary N) is 1. The van der Waals surface area contributed by atoms with Crippen molar-refractivity contribution in [2.24, 2.45) is 17.1 Å². The first-order valence-electron chi connectivity index (χ1n) is 7.42. The van der Waals surface area contributed by atoms with Gasteiger partial charge in [-0.15, -0.1) is 0 Å². The zero-order chi connectivity index (χ0) is 13.8. The van der Waals surface area contributed by atoms with Gasteiger partial charge in [-0.1, -0.05) is 47.0 Å². The monoisotopic (exact) mass is 254 g/mol. The van der Waals surface area contributed by atoms with E-state index < -0.39 is 0 Å². The van der Waals surface area contributed by atoms with Crippen LogP contribution in [0.1, 0.15) is 66.2 Å². The molecule has 0 aromatic heterocycles. The van der Waals surface area contributed by atoms with Crippen LogP contribution in [0.2, 0.25) is 0 Å². The number of nitrogens with one attached hydrogen (secondary N) is 1. The molecule has 0 bridgehead atoms. The van der Waals surface area contributed by atoms with Crippen molar-refractivity contribution in [2.45, 2.75) is 78.3 Å². The van der Waals surface area contributed by atoms with Gasteiger partial charge in [-0.25, -0.2) is 0 Å². The van der Waals surface area contributed by atoms with Crippen molar-refractivity contribution in [2.75, 3.05) is 0 Å². The van der Waals surface area contributed by atoms with E-state index in [1.165, 1.54) is 19.3 Å². The molecule has 0 heterocycles. The highest BCUT2D eigenvalue weighted by atomic mass is 16.2. The second-order valence-corrected chi connectivity index (χ2v) is 6.77. The molecule has 1 rings (SSSR count). The Kier molecular flexibility index (Phi) is 5.64. The fraction of sp³-hybridized carbons (Fsp3) is 0.933. The van der Waals surface area contributed by atoms with Gasteiger partial charge in [0.25, 0.3) is 0 Å². The van der Waals surface area contributed by atoms with Crippen molar-refractivity contribution >= 4 is 5.91 Å². The van der Waals surface area contributed by atoms with Crippen LogP contribution < -0.4 is 11.1 Å². The molecule has 2 unspecified atom stereocenters.